The van der Waals surface area contributed by atoms with Crippen molar-refractivity contribution in [3.05, 3.63) is 18.2 Å². The van der Waals surface area contributed by atoms with Crippen molar-refractivity contribution in [2.24, 2.45) is 0 Å². The minimum Gasteiger partial charge on any atom is -0.497 e. The molecule has 0 heterocycles. The summed E-state index contributed by atoms with van der Waals surface area (Å²) in [6.45, 7) is 2.08. The maximum Gasteiger partial charge on any atom is 0.120 e. The predicted molar refractivity (Wildman–Crippen MR) is 63.6 cm³/mol. The van der Waals surface area contributed by atoms with E-state index >= 15 is 0 Å². The maximum absolute atomic E-state index is 11.9. The van der Waals surface area contributed by atoms with Crippen molar-refractivity contribution in [1.29, 1.82) is 0 Å². The van der Waals surface area contributed by atoms with E-state index in [-0.39, 0.29) is 0 Å². The molecule has 1 atom stereocenters. The minimum atomic E-state index is -1.01. The molecular formula is C11H17NO2S. The molecule has 4 heteroatoms. The van der Waals surface area contributed by atoms with Gasteiger partial charge in [0.25, 0.3) is 0 Å². The van der Waals surface area contributed by atoms with Gasteiger partial charge in [-0.2, -0.15) is 0 Å². The summed E-state index contributed by atoms with van der Waals surface area (Å²) in [4.78, 5) is 0.683. The summed E-state index contributed by atoms with van der Waals surface area (Å²) in [6.07, 6.45) is 1.98. The number of nitrogens with two attached hydrogens (primary N) is 1. The molecule has 0 aromatic heterocycles. The molecular weight excluding hydrogens is 210 g/mol. The summed E-state index contributed by atoms with van der Waals surface area (Å²) in [5.41, 5.74) is 6.34. The summed E-state index contributed by atoms with van der Waals surface area (Å²) in [5, 5.41) is 0. The van der Waals surface area contributed by atoms with Gasteiger partial charge < -0.3 is 10.5 Å². The molecule has 0 spiro atoms. The van der Waals surface area contributed by atoms with Crippen LogP contribution in [0, 0.1) is 0 Å². The Bertz CT molecular complexity index is 352. The van der Waals surface area contributed by atoms with Crippen molar-refractivity contribution in [1.82, 2.24) is 0 Å². The van der Waals surface area contributed by atoms with E-state index in [0.717, 1.165) is 12.8 Å². The van der Waals surface area contributed by atoms with Crippen molar-refractivity contribution >= 4 is 16.5 Å². The van der Waals surface area contributed by atoms with E-state index in [1.807, 2.05) is 0 Å². The van der Waals surface area contributed by atoms with Crippen molar-refractivity contribution in [2.45, 2.75) is 24.7 Å². The molecule has 0 aliphatic carbocycles. The smallest absolute Gasteiger partial charge is 0.120 e. The molecule has 0 aliphatic heterocycles. The molecule has 0 aliphatic rings. The number of hydrogen-bond acceptors (Lipinski definition) is 3. The first-order valence-corrected chi connectivity index (χ1v) is 6.32. The third-order valence-electron chi connectivity index (χ3n) is 2.15. The fourth-order valence-corrected chi connectivity index (χ4v) is 2.57. The van der Waals surface area contributed by atoms with E-state index in [1.54, 1.807) is 25.3 Å². The van der Waals surface area contributed by atoms with Gasteiger partial charge in [-0.3, -0.25) is 4.21 Å². The number of benzene rings is 1. The summed E-state index contributed by atoms with van der Waals surface area (Å²) in [7, 11) is 0.576. The highest BCUT2D eigenvalue weighted by molar-refractivity contribution is 7.85. The van der Waals surface area contributed by atoms with Crippen LogP contribution in [0.4, 0.5) is 5.69 Å². The van der Waals surface area contributed by atoms with Gasteiger partial charge in [0, 0.05) is 11.4 Å². The standard InChI is InChI=1S/C11H17NO2S/c1-3-4-7-15(13)11-8-9(14-2)5-6-10(11)12/h5-6,8H,3-4,7,12H2,1-2H3. The Balaban J connectivity index is 2.86. The first kappa shape index (κ1) is 12.0. The molecule has 1 aromatic rings. The van der Waals surface area contributed by atoms with Gasteiger partial charge in [-0.1, -0.05) is 13.3 Å². The molecule has 1 rings (SSSR count). The lowest BCUT2D eigenvalue weighted by Crippen LogP contribution is -2.02. The third-order valence-corrected chi connectivity index (χ3v) is 3.65. The Hall–Kier alpha value is -1.03. The van der Waals surface area contributed by atoms with Crippen LogP contribution in [0.5, 0.6) is 5.75 Å². The van der Waals surface area contributed by atoms with Gasteiger partial charge in [0.05, 0.1) is 22.8 Å². The summed E-state index contributed by atoms with van der Waals surface area (Å²) in [5.74, 6) is 1.36. The summed E-state index contributed by atoms with van der Waals surface area (Å²) in [6, 6.07) is 5.26. The van der Waals surface area contributed by atoms with Gasteiger partial charge >= 0.3 is 0 Å². The number of nitrogen functional groups attached to an aromatic ring is 1. The molecule has 0 radical (unpaired) electrons. The molecule has 84 valence electrons. The minimum absolute atomic E-state index is 0.574. The number of unbranched alkanes of at least 4 members (excludes halogenated alkanes) is 1. The van der Waals surface area contributed by atoms with Crippen LogP contribution in [0.25, 0.3) is 0 Å². The van der Waals surface area contributed by atoms with Crippen LogP contribution >= 0.6 is 0 Å². The quantitative estimate of drug-likeness (QED) is 0.784. The van der Waals surface area contributed by atoms with E-state index in [0.29, 0.717) is 22.1 Å². The van der Waals surface area contributed by atoms with Gasteiger partial charge in [0.2, 0.25) is 0 Å². The lowest BCUT2D eigenvalue weighted by molar-refractivity contribution is 0.413. The second-order valence-electron chi connectivity index (χ2n) is 3.31. The van der Waals surface area contributed by atoms with Gasteiger partial charge in [-0.15, -0.1) is 0 Å². The molecule has 0 fully saturated rings. The Morgan fingerprint density at radius 1 is 1.47 bits per heavy atom. The number of hydrogen-bond donors (Lipinski definition) is 1. The highest BCUT2D eigenvalue weighted by Crippen LogP contribution is 2.23. The zero-order chi connectivity index (χ0) is 11.3. The fourth-order valence-electron chi connectivity index (χ4n) is 1.22. The van der Waals surface area contributed by atoms with Gasteiger partial charge in [-0.05, 0) is 24.6 Å². The molecule has 3 nitrogen and oxygen atoms in total. The second-order valence-corrected chi connectivity index (χ2v) is 4.85. The number of methoxy groups -OCH3 is 1. The van der Waals surface area contributed by atoms with Crippen LogP contribution in [0.2, 0.25) is 0 Å². The van der Waals surface area contributed by atoms with Crippen molar-refractivity contribution in [2.75, 3.05) is 18.6 Å². The normalized spacial score (nSPS) is 12.4. The average Bonchev–Trinajstić information content (AvgIpc) is 2.26. The van der Waals surface area contributed by atoms with E-state index in [1.165, 1.54) is 0 Å². The van der Waals surface area contributed by atoms with Crippen LogP contribution in [0.1, 0.15) is 19.8 Å². The summed E-state index contributed by atoms with van der Waals surface area (Å²) >= 11 is 0. The zero-order valence-electron chi connectivity index (χ0n) is 9.16. The van der Waals surface area contributed by atoms with Crippen LogP contribution in [0.3, 0.4) is 0 Å². The lowest BCUT2D eigenvalue weighted by Gasteiger charge is -2.07. The molecule has 0 amide bonds. The van der Waals surface area contributed by atoms with E-state index in [9.17, 15) is 4.21 Å². The topological polar surface area (TPSA) is 52.3 Å². The number of ether oxygens (including phenoxy) is 1. The van der Waals surface area contributed by atoms with E-state index < -0.39 is 10.8 Å². The Labute approximate surface area is 93.1 Å². The van der Waals surface area contributed by atoms with Crippen LogP contribution in [-0.2, 0) is 10.8 Å². The number of anilines is 1. The second kappa shape index (κ2) is 5.75. The van der Waals surface area contributed by atoms with E-state index in [2.05, 4.69) is 6.92 Å². The average molecular weight is 227 g/mol. The highest BCUT2D eigenvalue weighted by Gasteiger charge is 2.08. The van der Waals surface area contributed by atoms with Crippen LogP contribution in [0.15, 0.2) is 23.1 Å². The van der Waals surface area contributed by atoms with Crippen LogP contribution < -0.4 is 10.5 Å². The molecule has 0 saturated heterocycles. The number of rotatable bonds is 5. The molecule has 0 bridgehead atoms. The molecule has 2 N–H and O–H groups in total. The zero-order valence-corrected chi connectivity index (χ0v) is 9.97. The monoisotopic (exact) mass is 227 g/mol. The van der Waals surface area contributed by atoms with Gasteiger partial charge in [0.15, 0.2) is 0 Å². The highest BCUT2D eigenvalue weighted by atomic mass is 32.2. The maximum atomic E-state index is 11.9. The van der Waals surface area contributed by atoms with Crippen molar-refractivity contribution < 1.29 is 8.95 Å². The fraction of sp³-hybridized carbons (Fsp3) is 0.455. The Morgan fingerprint density at radius 3 is 2.80 bits per heavy atom. The summed E-state index contributed by atoms with van der Waals surface area (Å²) < 4.78 is 16.9. The largest absolute Gasteiger partial charge is 0.497 e. The molecule has 1 aromatic carbocycles. The SMILES string of the molecule is CCCCS(=O)c1cc(OC)ccc1N. The first-order valence-electron chi connectivity index (χ1n) is 5.01. The Kier molecular flexibility index (Phi) is 4.62. The predicted octanol–water partition coefficient (Wildman–Crippen LogP) is 2.19. The van der Waals surface area contributed by atoms with E-state index in [4.69, 9.17) is 10.5 Å². The molecule has 0 saturated carbocycles. The van der Waals surface area contributed by atoms with Gasteiger partial charge in [-0.25, -0.2) is 0 Å². The molecule has 1 unspecified atom stereocenters. The molecule has 15 heavy (non-hydrogen) atoms. The van der Waals surface area contributed by atoms with Crippen LogP contribution in [-0.4, -0.2) is 17.1 Å². The van der Waals surface area contributed by atoms with Crippen molar-refractivity contribution in [3.8, 4) is 5.75 Å². The lowest BCUT2D eigenvalue weighted by atomic mass is 10.3. The first-order chi connectivity index (χ1) is 7.19. The van der Waals surface area contributed by atoms with Crippen molar-refractivity contribution in [3.63, 3.8) is 0 Å². The third kappa shape index (κ3) is 3.23. The van der Waals surface area contributed by atoms with Gasteiger partial charge in [0.1, 0.15) is 5.75 Å². The Morgan fingerprint density at radius 2 is 2.20 bits per heavy atom.